The standard InChI is InChI=1S/C14H14O4/c1-10(15)17-14-8-7-12(16)13(18-14)9-11-5-3-2-4-6-11/h2-8,13-14H,9H2,1H3. The molecule has 1 aromatic carbocycles. The van der Waals surface area contributed by atoms with E-state index in [9.17, 15) is 9.59 Å². The van der Waals surface area contributed by atoms with Crippen LogP contribution in [-0.2, 0) is 25.5 Å². The number of carbonyl (C=O) groups excluding carboxylic acids is 2. The number of hydrogen-bond acceptors (Lipinski definition) is 4. The van der Waals surface area contributed by atoms with Crippen molar-refractivity contribution in [2.24, 2.45) is 0 Å². The highest BCUT2D eigenvalue weighted by Gasteiger charge is 2.26. The average Bonchev–Trinajstić information content (AvgIpc) is 2.34. The molecule has 0 aliphatic carbocycles. The van der Waals surface area contributed by atoms with Crippen molar-refractivity contribution in [1.82, 2.24) is 0 Å². The Balaban J connectivity index is 2.02. The van der Waals surface area contributed by atoms with E-state index in [1.165, 1.54) is 19.1 Å². The van der Waals surface area contributed by atoms with Gasteiger partial charge in [-0.25, -0.2) is 0 Å². The van der Waals surface area contributed by atoms with Crippen molar-refractivity contribution < 1.29 is 19.1 Å². The molecule has 4 heteroatoms. The van der Waals surface area contributed by atoms with Gasteiger partial charge in [0.25, 0.3) is 0 Å². The number of hydrogen-bond donors (Lipinski definition) is 0. The van der Waals surface area contributed by atoms with Crippen LogP contribution in [0.3, 0.4) is 0 Å². The van der Waals surface area contributed by atoms with Crippen molar-refractivity contribution in [1.29, 1.82) is 0 Å². The molecule has 2 unspecified atom stereocenters. The van der Waals surface area contributed by atoms with Gasteiger partial charge in [-0.3, -0.25) is 9.59 Å². The zero-order valence-electron chi connectivity index (χ0n) is 10.0. The van der Waals surface area contributed by atoms with Gasteiger partial charge in [-0.05, 0) is 17.7 Å². The minimum Gasteiger partial charge on any atom is -0.432 e. The summed E-state index contributed by atoms with van der Waals surface area (Å²) in [6.45, 7) is 1.31. The van der Waals surface area contributed by atoms with Crippen molar-refractivity contribution in [3.8, 4) is 0 Å². The Kier molecular flexibility index (Phi) is 3.89. The molecule has 0 saturated carbocycles. The van der Waals surface area contributed by atoms with E-state index in [1.807, 2.05) is 30.3 Å². The zero-order chi connectivity index (χ0) is 13.0. The lowest BCUT2D eigenvalue weighted by molar-refractivity contribution is -0.179. The van der Waals surface area contributed by atoms with Crippen LogP contribution in [0.2, 0.25) is 0 Å². The van der Waals surface area contributed by atoms with Crippen LogP contribution in [0.1, 0.15) is 12.5 Å². The molecule has 0 amide bonds. The van der Waals surface area contributed by atoms with Crippen LogP contribution in [0.4, 0.5) is 0 Å². The molecule has 1 aliphatic rings. The number of carbonyl (C=O) groups is 2. The molecule has 0 fully saturated rings. The first kappa shape index (κ1) is 12.5. The molecule has 2 atom stereocenters. The Labute approximate surface area is 105 Å². The molecule has 1 aliphatic heterocycles. The van der Waals surface area contributed by atoms with Crippen LogP contribution < -0.4 is 0 Å². The van der Waals surface area contributed by atoms with Crippen molar-refractivity contribution in [3.05, 3.63) is 48.0 Å². The van der Waals surface area contributed by atoms with Crippen LogP contribution in [-0.4, -0.2) is 24.1 Å². The van der Waals surface area contributed by atoms with Gasteiger partial charge in [0.15, 0.2) is 5.78 Å². The second-order valence-electron chi connectivity index (χ2n) is 4.05. The maximum absolute atomic E-state index is 11.7. The normalized spacial score (nSPS) is 22.8. The smallest absolute Gasteiger partial charge is 0.305 e. The van der Waals surface area contributed by atoms with Gasteiger partial charge in [-0.15, -0.1) is 0 Å². The van der Waals surface area contributed by atoms with Gasteiger partial charge in [-0.2, -0.15) is 0 Å². The Bertz CT molecular complexity index is 464. The highest BCUT2D eigenvalue weighted by atomic mass is 16.7. The van der Waals surface area contributed by atoms with E-state index >= 15 is 0 Å². The van der Waals surface area contributed by atoms with E-state index in [2.05, 4.69) is 0 Å². The maximum Gasteiger partial charge on any atom is 0.305 e. The van der Waals surface area contributed by atoms with Crippen LogP contribution in [0, 0.1) is 0 Å². The van der Waals surface area contributed by atoms with Gasteiger partial charge in [0.05, 0.1) is 0 Å². The Morgan fingerprint density at radius 3 is 2.72 bits per heavy atom. The van der Waals surface area contributed by atoms with Gasteiger partial charge in [0.1, 0.15) is 6.10 Å². The Morgan fingerprint density at radius 2 is 2.06 bits per heavy atom. The quantitative estimate of drug-likeness (QED) is 0.761. The molecule has 0 bridgehead atoms. The fourth-order valence-electron chi connectivity index (χ4n) is 1.76. The van der Waals surface area contributed by atoms with E-state index in [0.717, 1.165) is 5.56 Å². The molecule has 0 aromatic heterocycles. The van der Waals surface area contributed by atoms with Crippen molar-refractivity contribution in [2.45, 2.75) is 25.7 Å². The molecule has 4 nitrogen and oxygen atoms in total. The number of ether oxygens (including phenoxy) is 2. The predicted octanol–water partition coefficient (Wildman–Crippen LogP) is 1.64. The first-order valence-corrected chi connectivity index (χ1v) is 5.74. The summed E-state index contributed by atoms with van der Waals surface area (Å²) in [5, 5.41) is 0. The lowest BCUT2D eigenvalue weighted by atomic mass is 10.0. The van der Waals surface area contributed by atoms with Crippen molar-refractivity contribution in [2.75, 3.05) is 0 Å². The van der Waals surface area contributed by atoms with Crippen LogP contribution in [0.5, 0.6) is 0 Å². The van der Waals surface area contributed by atoms with Crippen LogP contribution in [0.25, 0.3) is 0 Å². The molecule has 0 N–H and O–H groups in total. The summed E-state index contributed by atoms with van der Waals surface area (Å²) < 4.78 is 10.3. The first-order chi connectivity index (χ1) is 8.65. The summed E-state index contributed by atoms with van der Waals surface area (Å²) in [5.41, 5.74) is 1.01. The summed E-state index contributed by atoms with van der Waals surface area (Å²) in [7, 11) is 0. The van der Waals surface area contributed by atoms with Crippen molar-refractivity contribution >= 4 is 11.8 Å². The summed E-state index contributed by atoms with van der Waals surface area (Å²) >= 11 is 0. The highest BCUT2D eigenvalue weighted by molar-refractivity contribution is 5.94. The summed E-state index contributed by atoms with van der Waals surface area (Å²) in [5.74, 6) is -0.542. The molecule has 94 valence electrons. The molecule has 1 heterocycles. The number of rotatable bonds is 3. The van der Waals surface area contributed by atoms with Crippen LogP contribution >= 0.6 is 0 Å². The Hall–Kier alpha value is -1.94. The first-order valence-electron chi connectivity index (χ1n) is 5.74. The molecule has 0 radical (unpaired) electrons. The molecular weight excluding hydrogens is 232 g/mol. The van der Waals surface area contributed by atoms with Gasteiger partial charge in [-0.1, -0.05) is 30.3 Å². The SMILES string of the molecule is CC(=O)OC1C=CC(=O)C(Cc2ccccc2)O1. The average molecular weight is 246 g/mol. The molecule has 0 spiro atoms. The third-order valence-corrected chi connectivity index (χ3v) is 2.58. The molecular formula is C14H14O4. The molecule has 1 aromatic rings. The monoisotopic (exact) mass is 246 g/mol. The lowest BCUT2D eigenvalue weighted by Gasteiger charge is -2.24. The van der Waals surface area contributed by atoms with Crippen LogP contribution in [0.15, 0.2) is 42.5 Å². The van der Waals surface area contributed by atoms with Gasteiger partial charge >= 0.3 is 5.97 Å². The predicted molar refractivity (Wildman–Crippen MR) is 64.7 cm³/mol. The Morgan fingerprint density at radius 1 is 1.33 bits per heavy atom. The second-order valence-corrected chi connectivity index (χ2v) is 4.05. The summed E-state index contributed by atoms with van der Waals surface area (Å²) in [6.07, 6.45) is 1.97. The summed E-state index contributed by atoms with van der Waals surface area (Å²) in [4.78, 5) is 22.5. The summed E-state index contributed by atoms with van der Waals surface area (Å²) in [6, 6.07) is 9.57. The largest absolute Gasteiger partial charge is 0.432 e. The van der Waals surface area contributed by atoms with Crippen molar-refractivity contribution in [3.63, 3.8) is 0 Å². The highest BCUT2D eigenvalue weighted by Crippen LogP contribution is 2.15. The number of benzene rings is 1. The zero-order valence-corrected chi connectivity index (χ0v) is 10.0. The van der Waals surface area contributed by atoms with E-state index in [-0.39, 0.29) is 5.78 Å². The molecule has 18 heavy (non-hydrogen) atoms. The van der Waals surface area contributed by atoms with E-state index < -0.39 is 18.4 Å². The topological polar surface area (TPSA) is 52.6 Å². The minimum absolute atomic E-state index is 0.109. The number of ketones is 1. The van der Waals surface area contributed by atoms with Gasteiger partial charge in [0.2, 0.25) is 6.29 Å². The van der Waals surface area contributed by atoms with E-state index in [1.54, 1.807) is 0 Å². The molecule has 2 rings (SSSR count). The van der Waals surface area contributed by atoms with Gasteiger partial charge < -0.3 is 9.47 Å². The fraction of sp³-hybridized carbons (Fsp3) is 0.286. The fourth-order valence-corrected chi connectivity index (χ4v) is 1.76. The van der Waals surface area contributed by atoms with E-state index in [0.29, 0.717) is 6.42 Å². The maximum atomic E-state index is 11.7. The minimum atomic E-state index is -0.770. The number of esters is 1. The third kappa shape index (κ3) is 3.28. The van der Waals surface area contributed by atoms with Gasteiger partial charge in [0, 0.05) is 13.3 Å². The molecule has 0 saturated heterocycles. The third-order valence-electron chi connectivity index (χ3n) is 2.58. The second kappa shape index (κ2) is 5.60. The lowest BCUT2D eigenvalue weighted by Crippen LogP contribution is -2.35. The van der Waals surface area contributed by atoms with E-state index in [4.69, 9.17) is 9.47 Å².